The average molecular weight is 388 g/mol. The van der Waals surface area contributed by atoms with Gasteiger partial charge in [-0.1, -0.05) is 11.6 Å². The number of nitrogens with one attached hydrogen (secondary N) is 1. The normalized spacial score (nSPS) is 16.4. The Morgan fingerprint density at radius 1 is 1.26 bits per heavy atom. The maximum Gasteiger partial charge on any atom is 0.145 e. The molecule has 1 fully saturated rings. The van der Waals surface area contributed by atoms with Crippen molar-refractivity contribution in [1.82, 2.24) is 9.97 Å². The highest BCUT2D eigenvalue weighted by Gasteiger charge is 2.21. The summed E-state index contributed by atoms with van der Waals surface area (Å²) in [5, 5.41) is 14.4. The van der Waals surface area contributed by atoms with Gasteiger partial charge in [0.05, 0.1) is 41.9 Å². The van der Waals surface area contributed by atoms with E-state index in [1.807, 2.05) is 0 Å². The van der Waals surface area contributed by atoms with Crippen molar-refractivity contribution in [2.24, 2.45) is 0 Å². The third kappa shape index (κ3) is 3.70. The van der Waals surface area contributed by atoms with Crippen LogP contribution in [0.15, 0.2) is 36.7 Å². The molecular weight excluding hydrogens is 370 g/mol. The van der Waals surface area contributed by atoms with Gasteiger partial charge in [-0.05, 0) is 12.1 Å². The first-order chi connectivity index (χ1) is 13.1. The zero-order valence-corrected chi connectivity index (χ0v) is 15.4. The van der Waals surface area contributed by atoms with Crippen molar-refractivity contribution >= 4 is 34.0 Å². The van der Waals surface area contributed by atoms with Crippen molar-refractivity contribution in [3.05, 3.63) is 41.7 Å². The van der Waals surface area contributed by atoms with Crippen molar-refractivity contribution < 1.29 is 19.3 Å². The molecule has 7 nitrogen and oxygen atoms in total. The molecule has 1 aromatic heterocycles. The van der Waals surface area contributed by atoms with E-state index in [1.165, 1.54) is 6.33 Å². The highest BCUT2D eigenvalue weighted by atomic mass is 35.5. The highest BCUT2D eigenvalue weighted by Crippen LogP contribution is 2.37. The molecule has 0 radical (unpaired) electrons. The fourth-order valence-electron chi connectivity index (χ4n) is 2.97. The third-order valence-electron chi connectivity index (χ3n) is 4.29. The van der Waals surface area contributed by atoms with Gasteiger partial charge in [0, 0.05) is 24.6 Å². The Morgan fingerprint density at radius 3 is 2.93 bits per heavy atom. The van der Waals surface area contributed by atoms with Gasteiger partial charge in [-0.15, -0.1) is 0 Å². The molecule has 1 unspecified atom stereocenters. The fraction of sp³-hybridized carbons (Fsp3) is 0.263. The number of aromatic hydroxyl groups is 1. The molecule has 1 saturated heterocycles. The van der Waals surface area contributed by atoms with Crippen molar-refractivity contribution in [1.29, 1.82) is 0 Å². The summed E-state index contributed by atoms with van der Waals surface area (Å²) in [5.74, 6) is 1.74. The van der Waals surface area contributed by atoms with Crippen LogP contribution in [0.3, 0.4) is 0 Å². The number of fused-ring (bicyclic) bond motifs is 1. The van der Waals surface area contributed by atoms with Crippen LogP contribution >= 0.6 is 11.6 Å². The van der Waals surface area contributed by atoms with Crippen molar-refractivity contribution in [2.45, 2.75) is 12.5 Å². The van der Waals surface area contributed by atoms with Gasteiger partial charge in [-0.25, -0.2) is 9.97 Å². The van der Waals surface area contributed by atoms with Crippen molar-refractivity contribution in [3.63, 3.8) is 0 Å². The molecule has 8 heteroatoms. The average Bonchev–Trinajstić information content (AvgIpc) is 3.16. The summed E-state index contributed by atoms with van der Waals surface area (Å²) in [5.41, 5.74) is 1.19. The van der Waals surface area contributed by atoms with Gasteiger partial charge >= 0.3 is 0 Å². The summed E-state index contributed by atoms with van der Waals surface area (Å²) in [6.07, 6.45) is 2.12. The molecule has 1 atom stereocenters. The molecule has 2 N–H and O–H groups in total. The SMILES string of the molecule is COc1ccc(Cl)c(Nc2ncnc3cc(O)cc(OC4CCOC4)c23)c1. The van der Waals surface area contributed by atoms with E-state index in [9.17, 15) is 5.11 Å². The minimum Gasteiger partial charge on any atom is -0.508 e. The minimum atomic E-state index is -0.0801. The molecule has 27 heavy (non-hydrogen) atoms. The quantitative estimate of drug-likeness (QED) is 0.686. The van der Waals surface area contributed by atoms with Gasteiger partial charge in [0.2, 0.25) is 0 Å². The number of rotatable bonds is 5. The Bertz CT molecular complexity index is 977. The standard InChI is InChI=1S/C19H18ClN3O4/c1-25-12-2-3-14(20)15(8-12)23-19-18-16(21-10-22-19)6-11(24)7-17(18)27-13-4-5-26-9-13/h2-3,6-8,10,13,24H,4-5,9H2,1H3,(H,21,22,23). The summed E-state index contributed by atoms with van der Waals surface area (Å²) in [7, 11) is 1.59. The number of aromatic nitrogens is 2. The summed E-state index contributed by atoms with van der Waals surface area (Å²) in [4.78, 5) is 8.60. The fourth-order valence-corrected chi connectivity index (χ4v) is 3.13. The smallest absolute Gasteiger partial charge is 0.145 e. The largest absolute Gasteiger partial charge is 0.508 e. The van der Waals surface area contributed by atoms with E-state index >= 15 is 0 Å². The van der Waals surface area contributed by atoms with E-state index in [-0.39, 0.29) is 11.9 Å². The van der Waals surface area contributed by atoms with Gasteiger partial charge < -0.3 is 24.6 Å². The van der Waals surface area contributed by atoms with Crippen molar-refractivity contribution in [2.75, 3.05) is 25.6 Å². The van der Waals surface area contributed by atoms with Crippen LogP contribution in [0.4, 0.5) is 11.5 Å². The third-order valence-corrected chi connectivity index (χ3v) is 4.62. The first-order valence-corrected chi connectivity index (χ1v) is 8.84. The number of benzene rings is 2. The molecule has 0 aliphatic carbocycles. The number of ether oxygens (including phenoxy) is 3. The summed E-state index contributed by atoms with van der Waals surface area (Å²) in [6.45, 7) is 1.16. The molecule has 1 aliphatic rings. The summed E-state index contributed by atoms with van der Waals surface area (Å²) in [6, 6.07) is 8.42. The number of nitrogens with zero attached hydrogens (tertiary/aromatic N) is 2. The number of methoxy groups -OCH3 is 1. The maximum absolute atomic E-state index is 10.0. The molecule has 0 saturated carbocycles. The lowest BCUT2D eigenvalue weighted by Gasteiger charge is -2.17. The second kappa shape index (κ2) is 7.46. The molecule has 1 aliphatic heterocycles. The van der Waals surface area contributed by atoms with E-state index in [2.05, 4.69) is 15.3 Å². The van der Waals surface area contributed by atoms with Crippen LogP contribution in [0.2, 0.25) is 5.02 Å². The first-order valence-electron chi connectivity index (χ1n) is 8.46. The predicted octanol–water partition coefficient (Wildman–Crippen LogP) is 3.91. The van der Waals surface area contributed by atoms with Crippen LogP contribution < -0.4 is 14.8 Å². The zero-order valence-electron chi connectivity index (χ0n) is 14.6. The molecule has 4 rings (SSSR count). The van der Waals surface area contributed by atoms with E-state index in [0.29, 0.717) is 52.1 Å². The molecule has 3 aromatic rings. The topological polar surface area (TPSA) is 85.7 Å². The monoisotopic (exact) mass is 387 g/mol. The minimum absolute atomic E-state index is 0.0699. The number of hydrogen-bond acceptors (Lipinski definition) is 7. The van der Waals surface area contributed by atoms with Crippen LogP contribution in [0.25, 0.3) is 10.9 Å². The number of hydrogen-bond donors (Lipinski definition) is 2. The molecule has 2 aromatic carbocycles. The number of phenolic OH excluding ortho intramolecular Hbond substituents is 1. The van der Waals surface area contributed by atoms with Crippen molar-refractivity contribution in [3.8, 4) is 17.2 Å². The first kappa shape index (κ1) is 17.6. The van der Waals surface area contributed by atoms with Gasteiger partial charge in [0.15, 0.2) is 0 Å². The number of halogens is 1. The molecule has 0 bridgehead atoms. The summed E-state index contributed by atoms with van der Waals surface area (Å²) >= 11 is 6.31. The zero-order chi connectivity index (χ0) is 18.8. The lowest BCUT2D eigenvalue weighted by molar-refractivity contribution is 0.142. The van der Waals surface area contributed by atoms with Gasteiger partial charge in [-0.3, -0.25) is 0 Å². The van der Waals surface area contributed by atoms with E-state index < -0.39 is 0 Å². The predicted molar refractivity (Wildman–Crippen MR) is 102 cm³/mol. The van der Waals surface area contributed by atoms with Crippen LogP contribution in [0.5, 0.6) is 17.2 Å². The Hall–Kier alpha value is -2.77. The van der Waals surface area contributed by atoms with Gasteiger partial charge in [-0.2, -0.15) is 0 Å². The number of phenols is 1. The molecule has 0 amide bonds. The molecular formula is C19H18ClN3O4. The Balaban J connectivity index is 1.78. The molecule has 140 valence electrons. The lowest BCUT2D eigenvalue weighted by atomic mass is 10.2. The van der Waals surface area contributed by atoms with Gasteiger partial charge in [0.1, 0.15) is 35.5 Å². The van der Waals surface area contributed by atoms with Crippen LogP contribution in [-0.2, 0) is 4.74 Å². The van der Waals surface area contributed by atoms with Gasteiger partial charge in [0.25, 0.3) is 0 Å². The number of anilines is 2. The second-order valence-corrected chi connectivity index (χ2v) is 6.54. The molecule has 0 spiro atoms. The Kier molecular flexibility index (Phi) is 4.87. The Morgan fingerprint density at radius 2 is 2.15 bits per heavy atom. The molecule has 2 heterocycles. The lowest BCUT2D eigenvalue weighted by Crippen LogP contribution is -2.16. The van der Waals surface area contributed by atoms with Crippen LogP contribution in [-0.4, -0.2) is 41.5 Å². The van der Waals surface area contributed by atoms with Crippen LogP contribution in [0.1, 0.15) is 6.42 Å². The van der Waals surface area contributed by atoms with Crippen LogP contribution in [0, 0.1) is 0 Å². The van der Waals surface area contributed by atoms with E-state index in [0.717, 1.165) is 6.42 Å². The van der Waals surface area contributed by atoms with E-state index in [4.69, 9.17) is 25.8 Å². The second-order valence-electron chi connectivity index (χ2n) is 6.13. The maximum atomic E-state index is 10.0. The Labute approximate surface area is 160 Å². The highest BCUT2D eigenvalue weighted by molar-refractivity contribution is 6.33. The summed E-state index contributed by atoms with van der Waals surface area (Å²) < 4.78 is 16.7. The van der Waals surface area contributed by atoms with E-state index in [1.54, 1.807) is 37.4 Å².